The maximum absolute atomic E-state index is 10.2. The van der Waals surface area contributed by atoms with Gasteiger partial charge in [0.1, 0.15) is 11.8 Å². The van der Waals surface area contributed by atoms with Crippen molar-refractivity contribution in [3.63, 3.8) is 0 Å². The molecule has 1 heterocycles. The molecule has 0 spiro atoms. The molecule has 96 valence electrons. The number of hydrogen-bond acceptors (Lipinski definition) is 4. The molecule has 17 heavy (non-hydrogen) atoms. The van der Waals surface area contributed by atoms with E-state index in [1.165, 1.54) is 12.8 Å². The van der Waals surface area contributed by atoms with Crippen molar-refractivity contribution in [2.45, 2.75) is 44.9 Å². The molecule has 0 radical (unpaired) electrons. The molecule has 0 bridgehead atoms. The van der Waals surface area contributed by atoms with Crippen molar-refractivity contribution in [1.82, 2.24) is 15.1 Å². The summed E-state index contributed by atoms with van der Waals surface area (Å²) in [6.45, 7) is 3.46. The number of rotatable bonds is 7. The predicted octanol–water partition coefficient (Wildman–Crippen LogP) is 1.09. The van der Waals surface area contributed by atoms with Crippen LogP contribution in [0.2, 0.25) is 0 Å². The zero-order chi connectivity index (χ0) is 12.3. The molecule has 2 rings (SSSR count). The van der Waals surface area contributed by atoms with Crippen LogP contribution >= 0.6 is 0 Å². The lowest BCUT2D eigenvalue weighted by atomic mass is 10.2. The average Bonchev–Trinajstić information content (AvgIpc) is 3.07. The Labute approximate surface area is 102 Å². The van der Waals surface area contributed by atoms with E-state index in [2.05, 4.69) is 17.3 Å². The molecule has 1 aliphatic carbocycles. The first-order chi connectivity index (χ1) is 8.26. The maximum atomic E-state index is 10.2. The van der Waals surface area contributed by atoms with Gasteiger partial charge in [-0.1, -0.05) is 6.92 Å². The molecule has 0 saturated heterocycles. The summed E-state index contributed by atoms with van der Waals surface area (Å²) < 4.78 is 7.08. The van der Waals surface area contributed by atoms with E-state index < -0.39 is 6.10 Å². The summed E-state index contributed by atoms with van der Waals surface area (Å²) in [5, 5.41) is 17.8. The third-order valence-electron chi connectivity index (χ3n) is 2.99. The predicted molar refractivity (Wildman–Crippen MR) is 65.1 cm³/mol. The minimum Gasteiger partial charge on any atom is -0.493 e. The van der Waals surface area contributed by atoms with Crippen LogP contribution in [0.4, 0.5) is 0 Å². The minimum atomic E-state index is -0.556. The number of aliphatic hydroxyl groups excluding tert-OH is 1. The normalized spacial score (nSPS) is 17.1. The van der Waals surface area contributed by atoms with Crippen LogP contribution < -0.4 is 10.1 Å². The van der Waals surface area contributed by atoms with E-state index in [0.717, 1.165) is 18.7 Å². The van der Waals surface area contributed by atoms with Gasteiger partial charge in [0.25, 0.3) is 0 Å². The topological polar surface area (TPSA) is 59.3 Å². The quantitative estimate of drug-likeness (QED) is 0.747. The smallest absolute Gasteiger partial charge is 0.162 e. The summed E-state index contributed by atoms with van der Waals surface area (Å²) in [5.74, 6) is 0.670. The van der Waals surface area contributed by atoms with Crippen LogP contribution in [0.3, 0.4) is 0 Å². The molecule has 1 aromatic heterocycles. The van der Waals surface area contributed by atoms with Crippen LogP contribution in [0.15, 0.2) is 6.20 Å². The lowest BCUT2D eigenvalue weighted by Gasteiger charge is -2.15. The first-order valence-electron chi connectivity index (χ1n) is 6.27. The van der Waals surface area contributed by atoms with Gasteiger partial charge < -0.3 is 15.2 Å². The fourth-order valence-corrected chi connectivity index (χ4v) is 1.92. The molecule has 1 fully saturated rings. The van der Waals surface area contributed by atoms with Crippen LogP contribution in [0.1, 0.15) is 38.0 Å². The van der Waals surface area contributed by atoms with E-state index in [1.807, 2.05) is 4.68 Å². The van der Waals surface area contributed by atoms with E-state index in [-0.39, 0.29) is 0 Å². The number of methoxy groups -OCH3 is 1. The third-order valence-corrected chi connectivity index (χ3v) is 2.99. The first kappa shape index (κ1) is 12.4. The Morgan fingerprint density at radius 1 is 1.65 bits per heavy atom. The second kappa shape index (κ2) is 5.51. The van der Waals surface area contributed by atoms with Gasteiger partial charge in [-0.15, -0.1) is 0 Å². The molecule has 1 aromatic rings. The summed E-state index contributed by atoms with van der Waals surface area (Å²) in [6.07, 6.45) is 4.54. The van der Waals surface area contributed by atoms with Gasteiger partial charge in [-0.05, 0) is 19.3 Å². The van der Waals surface area contributed by atoms with E-state index in [0.29, 0.717) is 18.3 Å². The van der Waals surface area contributed by atoms with Crippen molar-refractivity contribution < 1.29 is 9.84 Å². The lowest BCUT2D eigenvalue weighted by molar-refractivity contribution is 0.158. The molecular weight excluding hydrogens is 218 g/mol. The van der Waals surface area contributed by atoms with Crippen LogP contribution in [0.25, 0.3) is 0 Å². The molecular formula is C12H21N3O2. The number of nitrogens with zero attached hydrogens (tertiary/aromatic N) is 2. The fraction of sp³-hybridized carbons (Fsp3) is 0.750. The molecule has 5 heteroatoms. The highest BCUT2D eigenvalue weighted by Crippen LogP contribution is 2.26. The lowest BCUT2D eigenvalue weighted by Crippen LogP contribution is -2.25. The maximum Gasteiger partial charge on any atom is 0.162 e. The molecule has 1 atom stereocenters. The Hall–Kier alpha value is -1.07. The molecule has 0 aromatic carbocycles. The van der Waals surface area contributed by atoms with Gasteiger partial charge in [-0.3, -0.25) is 4.68 Å². The molecule has 2 N–H and O–H groups in total. The Balaban J connectivity index is 2.05. The second-order valence-electron chi connectivity index (χ2n) is 4.52. The molecule has 0 amide bonds. The standard InChI is InChI=1S/C12H21N3O2/c1-3-6-15-12(11(17-2)8-14-15)10(16)7-13-9-4-5-9/h8-10,13,16H,3-7H2,1-2H3. The number of aromatic nitrogens is 2. The molecule has 0 aliphatic heterocycles. The summed E-state index contributed by atoms with van der Waals surface area (Å²) in [7, 11) is 1.61. The number of aliphatic hydroxyl groups is 1. The van der Waals surface area contributed by atoms with Crippen LogP contribution in [0.5, 0.6) is 5.75 Å². The van der Waals surface area contributed by atoms with E-state index >= 15 is 0 Å². The summed E-state index contributed by atoms with van der Waals surface area (Å²) >= 11 is 0. The highest BCUT2D eigenvalue weighted by Gasteiger charge is 2.24. The van der Waals surface area contributed by atoms with Gasteiger partial charge in [0, 0.05) is 19.1 Å². The average molecular weight is 239 g/mol. The van der Waals surface area contributed by atoms with Gasteiger partial charge in [-0.25, -0.2) is 0 Å². The monoisotopic (exact) mass is 239 g/mol. The van der Waals surface area contributed by atoms with Gasteiger partial charge >= 0.3 is 0 Å². The Morgan fingerprint density at radius 3 is 3.00 bits per heavy atom. The van der Waals surface area contributed by atoms with Crippen LogP contribution in [-0.4, -0.2) is 34.6 Å². The second-order valence-corrected chi connectivity index (χ2v) is 4.52. The number of nitrogens with one attached hydrogen (secondary N) is 1. The minimum absolute atomic E-state index is 0.556. The third kappa shape index (κ3) is 2.98. The SMILES string of the molecule is CCCn1ncc(OC)c1C(O)CNC1CC1. The van der Waals surface area contributed by atoms with Crippen molar-refractivity contribution in [2.75, 3.05) is 13.7 Å². The summed E-state index contributed by atoms with van der Waals surface area (Å²) in [4.78, 5) is 0. The largest absolute Gasteiger partial charge is 0.493 e. The fourth-order valence-electron chi connectivity index (χ4n) is 1.92. The summed E-state index contributed by atoms with van der Waals surface area (Å²) in [5.41, 5.74) is 0.780. The zero-order valence-electron chi connectivity index (χ0n) is 10.5. The van der Waals surface area contributed by atoms with Gasteiger partial charge in [0.2, 0.25) is 0 Å². The van der Waals surface area contributed by atoms with E-state index in [9.17, 15) is 5.11 Å². The van der Waals surface area contributed by atoms with Crippen molar-refractivity contribution in [3.8, 4) is 5.75 Å². The van der Waals surface area contributed by atoms with Gasteiger partial charge in [0.15, 0.2) is 5.75 Å². The molecule has 1 aliphatic rings. The van der Waals surface area contributed by atoms with Crippen molar-refractivity contribution in [2.24, 2.45) is 0 Å². The molecule has 5 nitrogen and oxygen atoms in total. The van der Waals surface area contributed by atoms with Crippen molar-refractivity contribution >= 4 is 0 Å². The van der Waals surface area contributed by atoms with Gasteiger partial charge in [0.05, 0.1) is 13.3 Å². The first-order valence-corrected chi connectivity index (χ1v) is 6.27. The highest BCUT2D eigenvalue weighted by molar-refractivity contribution is 5.27. The van der Waals surface area contributed by atoms with Crippen LogP contribution in [0, 0.1) is 0 Å². The highest BCUT2D eigenvalue weighted by atomic mass is 16.5. The Bertz CT molecular complexity index is 361. The number of aryl methyl sites for hydroxylation is 1. The van der Waals surface area contributed by atoms with Crippen molar-refractivity contribution in [1.29, 1.82) is 0 Å². The zero-order valence-corrected chi connectivity index (χ0v) is 10.5. The van der Waals surface area contributed by atoms with Crippen LogP contribution in [-0.2, 0) is 6.54 Å². The van der Waals surface area contributed by atoms with E-state index in [4.69, 9.17) is 4.74 Å². The Kier molecular flexibility index (Phi) is 4.02. The van der Waals surface area contributed by atoms with Crippen molar-refractivity contribution in [3.05, 3.63) is 11.9 Å². The Morgan fingerprint density at radius 2 is 2.41 bits per heavy atom. The molecule has 1 saturated carbocycles. The number of ether oxygens (including phenoxy) is 1. The number of hydrogen-bond donors (Lipinski definition) is 2. The summed E-state index contributed by atoms with van der Waals surface area (Å²) in [6, 6.07) is 0.596. The molecule has 1 unspecified atom stereocenters. The van der Waals surface area contributed by atoms with Gasteiger partial charge in [-0.2, -0.15) is 5.10 Å². The van der Waals surface area contributed by atoms with E-state index in [1.54, 1.807) is 13.3 Å².